The van der Waals surface area contributed by atoms with Crippen molar-refractivity contribution < 1.29 is 13.3 Å². The highest BCUT2D eigenvalue weighted by Gasteiger charge is 2.33. The molecule has 0 bridgehead atoms. The van der Waals surface area contributed by atoms with Gasteiger partial charge in [0.1, 0.15) is 0 Å². The molecule has 0 saturated carbocycles. The van der Waals surface area contributed by atoms with Crippen molar-refractivity contribution >= 4 is 33.0 Å². The Balaban J connectivity index is 1.75. The molecule has 2 aromatic rings. The van der Waals surface area contributed by atoms with Crippen LogP contribution in [0.3, 0.4) is 0 Å². The topological polar surface area (TPSA) is 83.8 Å². The fourth-order valence-corrected chi connectivity index (χ4v) is 4.80. The average molecular weight is 396 g/mol. The van der Waals surface area contributed by atoms with Gasteiger partial charge in [-0.1, -0.05) is 11.6 Å². The van der Waals surface area contributed by atoms with Crippen molar-refractivity contribution in [1.29, 1.82) is 0 Å². The minimum Gasteiger partial charge on any atom is -0.369 e. The van der Waals surface area contributed by atoms with Crippen LogP contribution in [0.5, 0.6) is 0 Å². The van der Waals surface area contributed by atoms with Gasteiger partial charge in [0.25, 0.3) is 5.69 Å². The van der Waals surface area contributed by atoms with Crippen molar-refractivity contribution in [2.24, 2.45) is 0 Å². The second-order valence-electron chi connectivity index (χ2n) is 6.14. The zero-order valence-corrected chi connectivity index (χ0v) is 15.7. The van der Waals surface area contributed by atoms with Crippen LogP contribution >= 0.6 is 11.6 Å². The van der Waals surface area contributed by atoms with Crippen molar-refractivity contribution in [1.82, 2.24) is 4.31 Å². The van der Waals surface area contributed by atoms with Crippen LogP contribution in [0.2, 0.25) is 5.02 Å². The number of nitro benzene ring substituents is 1. The van der Waals surface area contributed by atoms with Gasteiger partial charge in [-0.2, -0.15) is 4.31 Å². The minimum absolute atomic E-state index is 0.0331. The number of anilines is 1. The lowest BCUT2D eigenvalue weighted by Gasteiger charge is -2.40. The van der Waals surface area contributed by atoms with E-state index in [4.69, 9.17) is 11.6 Å². The summed E-state index contributed by atoms with van der Waals surface area (Å²) in [4.78, 5) is 12.6. The van der Waals surface area contributed by atoms with E-state index in [2.05, 4.69) is 0 Å². The number of halogens is 1. The number of hydrogen-bond donors (Lipinski definition) is 0. The molecule has 0 aliphatic carbocycles. The van der Waals surface area contributed by atoms with Crippen LogP contribution in [0.15, 0.2) is 53.4 Å². The zero-order chi connectivity index (χ0) is 18.9. The van der Waals surface area contributed by atoms with Crippen molar-refractivity contribution in [3.05, 3.63) is 63.7 Å². The molecule has 7 nitrogen and oxygen atoms in total. The van der Waals surface area contributed by atoms with Gasteiger partial charge in [-0.15, -0.1) is 0 Å². The first-order valence-corrected chi connectivity index (χ1v) is 9.87. The van der Waals surface area contributed by atoms with E-state index in [-0.39, 0.29) is 16.6 Å². The number of non-ortho nitro benzene ring substituents is 1. The predicted molar refractivity (Wildman–Crippen MR) is 100 cm³/mol. The molecule has 0 amide bonds. The van der Waals surface area contributed by atoms with Gasteiger partial charge in [-0.25, -0.2) is 8.42 Å². The first kappa shape index (κ1) is 18.6. The van der Waals surface area contributed by atoms with Gasteiger partial charge in [-0.05, 0) is 43.3 Å². The fourth-order valence-electron chi connectivity index (χ4n) is 3.06. The molecular formula is C17H18ClN3O4S. The Hall–Kier alpha value is -2.16. The highest BCUT2D eigenvalue weighted by Crippen LogP contribution is 2.26. The Kier molecular flexibility index (Phi) is 5.17. The Morgan fingerprint density at radius 2 is 1.69 bits per heavy atom. The number of benzene rings is 2. The monoisotopic (exact) mass is 395 g/mol. The van der Waals surface area contributed by atoms with Crippen molar-refractivity contribution in [3.8, 4) is 0 Å². The third kappa shape index (κ3) is 3.67. The highest BCUT2D eigenvalue weighted by atomic mass is 35.5. The summed E-state index contributed by atoms with van der Waals surface area (Å²) in [6.07, 6.45) is 0. The standard InChI is InChI=1S/C17H18ClN3O4S/c1-13-12-19(15-4-6-16(7-5-15)21(22)23)10-11-20(13)26(24,25)17-8-2-14(18)3-9-17/h2-9,13H,10-12H2,1H3/t13-/m1/s1. The number of nitro groups is 1. The van der Waals surface area contributed by atoms with Crippen LogP contribution < -0.4 is 4.90 Å². The quantitative estimate of drug-likeness (QED) is 0.586. The van der Waals surface area contributed by atoms with Crippen LogP contribution in [-0.4, -0.2) is 43.3 Å². The maximum atomic E-state index is 12.9. The molecule has 1 aliphatic rings. The second-order valence-corrected chi connectivity index (χ2v) is 8.47. The summed E-state index contributed by atoms with van der Waals surface area (Å²) in [5, 5.41) is 11.2. The third-order valence-electron chi connectivity index (χ3n) is 4.41. The van der Waals surface area contributed by atoms with Crippen LogP contribution in [0, 0.1) is 10.1 Å². The normalized spacial score (nSPS) is 18.7. The number of hydrogen-bond acceptors (Lipinski definition) is 5. The average Bonchev–Trinajstić information content (AvgIpc) is 2.62. The smallest absolute Gasteiger partial charge is 0.269 e. The first-order valence-electron chi connectivity index (χ1n) is 8.06. The molecule has 1 fully saturated rings. The van der Waals surface area contributed by atoms with E-state index < -0.39 is 14.9 Å². The molecule has 2 aromatic carbocycles. The fraction of sp³-hybridized carbons (Fsp3) is 0.294. The molecule has 9 heteroatoms. The van der Waals surface area contributed by atoms with E-state index in [1.54, 1.807) is 24.3 Å². The molecule has 1 atom stereocenters. The molecule has 1 saturated heterocycles. The Labute approximate surface area is 157 Å². The summed E-state index contributed by atoms with van der Waals surface area (Å²) >= 11 is 5.84. The lowest BCUT2D eigenvalue weighted by Crippen LogP contribution is -2.54. The lowest BCUT2D eigenvalue weighted by molar-refractivity contribution is -0.384. The van der Waals surface area contributed by atoms with E-state index in [0.29, 0.717) is 24.7 Å². The largest absolute Gasteiger partial charge is 0.369 e. The Morgan fingerprint density at radius 1 is 1.08 bits per heavy atom. The first-order chi connectivity index (χ1) is 12.3. The molecular weight excluding hydrogens is 378 g/mol. The van der Waals surface area contributed by atoms with Crippen LogP contribution in [0.4, 0.5) is 11.4 Å². The van der Waals surface area contributed by atoms with Crippen molar-refractivity contribution in [2.45, 2.75) is 17.9 Å². The molecule has 1 heterocycles. The number of sulfonamides is 1. The Morgan fingerprint density at radius 3 is 2.23 bits per heavy atom. The molecule has 1 aliphatic heterocycles. The molecule has 138 valence electrons. The van der Waals surface area contributed by atoms with Crippen molar-refractivity contribution in [2.75, 3.05) is 24.5 Å². The van der Waals surface area contributed by atoms with Crippen molar-refractivity contribution in [3.63, 3.8) is 0 Å². The second kappa shape index (κ2) is 7.22. The lowest BCUT2D eigenvalue weighted by atomic mass is 10.2. The molecule has 0 unspecified atom stereocenters. The van der Waals surface area contributed by atoms with Gasteiger partial charge in [0, 0.05) is 48.5 Å². The van der Waals surface area contributed by atoms with E-state index in [9.17, 15) is 18.5 Å². The highest BCUT2D eigenvalue weighted by molar-refractivity contribution is 7.89. The maximum absolute atomic E-state index is 12.9. The summed E-state index contributed by atoms with van der Waals surface area (Å²) in [5.74, 6) is 0. The predicted octanol–water partition coefficient (Wildman–Crippen LogP) is 3.15. The SMILES string of the molecule is C[C@@H]1CN(c2ccc([N+](=O)[O-])cc2)CCN1S(=O)(=O)c1ccc(Cl)cc1. The van der Waals surface area contributed by atoms with Gasteiger partial charge in [-0.3, -0.25) is 10.1 Å². The third-order valence-corrected chi connectivity index (χ3v) is 6.69. The molecule has 0 aromatic heterocycles. The van der Waals surface area contributed by atoms with Crippen LogP contribution in [0.1, 0.15) is 6.92 Å². The molecule has 3 rings (SSSR count). The molecule has 0 N–H and O–H groups in total. The summed E-state index contributed by atoms with van der Waals surface area (Å²) in [7, 11) is -3.59. The number of rotatable bonds is 4. The van der Waals surface area contributed by atoms with E-state index in [0.717, 1.165) is 5.69 Å². The Bertz CT molecular complexity index is 901. The van der Waals surface area contributed by atoms with E-state index in [1.807, 2.05) is 11.8 Å². The van der Waals surface area contributed by atoms with E-state index >= 15 is 0 Å². The summed E-state index contributed by atoms with van der Waals surface area (Å²) in [6, 6.07) is 12.2. The van der Waals surface area contributed by atoms with Gasteiger partial charge in [0.05, 0.1) is 9.82 Å². The van der Waals surface area contributed by atoms with Gasteiger partial charge >= 0.3 is 0 Å². The summed E-state index contributed by atoms with van der Waals surface area (Å²) in [6.45, 7) is 3.20. The molecule has 0 radical (unpaired) electrons. The van der Waals surface area contributed by atoms with Crippen LogP contribution in [0.25, 0.3) is 0 Å². The summed E-state index contributed by atoms with van der Waals surface area (Å²) < 4.78 is 27.2. The molecule has 26 heavy (non-hydrogen) atoms. The number of nitrogens with zero attached hydrogens (tertiary/aromatic N) is 3. The summed E-state index contributed by atoms with van der Waals surface area (Å²) in [5.41, 5.74) is 0.872. The van der Waals surface area contributed by atoms with Crippen LogP contribution in [-0.2, 0) is 10.0 Å². The maximum Gasteiger partial charge on any atom is 0.269 e. The van der Waals surface area contributed by atoms with Gasteiger partial charge in [0.2, 0.25) is 10.0 Å². The van der Waals surface area contributed by atoms with Gasteiger partial charge < -0.3 is 4.90 Å². The van der Waals surface area contributed by atoms with E-state index in [1.165, 1.54) is 28.6 Å². The number of piperazine rings is 1. The van der Waals surface area contributed by atoms with Gasteiger partial charge in [0.15, 0.2) is 0 Å². The molecule has 0 spiro atoms. The minimum atomic E-state index is -3.59. The zero-order valence-electron chi connectivity index (χ0n) is 14.1.